The molecule has 3 fully saturated rings. The van der Waals surface area contributed by atoms with E-state index in [4.69, 9.17) is 0 Å². The Morgan fingerprint density at radius 1 is 1.23 bits per heavy atom. The maximum Gasteiger partial charge on any atom is 0.308 e. The van der Waals surface area contributed by atoms with Gasteiger partial charge < -0.3 is 15.4 Å². The average Bonchev–Trinajstić information content (AvgIpc) is 3.41. The van der Waals surface area contributed by atoms with Gasteiger partial charge in [-0.3, -0.25) is 4.79 Å². The van der Waals surface area contributed by atoms with Gasteiger partial charge in [0.2, 0.25) is 0 Å². The fraction of sp³-hybridized carbons (Fsp3) is 0.348. The van der Waals surface area contributed by atoms with E-state index in [1.807, 2.05) is 24.5 Å². The molecule has 2 bridgehead atoms. The summed E-state index contributed by atoms with van der Waals surface area (Å²) in [5, 5.41) is 18.6. The zero-order valence-electron chi connectivity index (χ0n) is 16.8. The molecule has 3 aliphatic carbocycles. The van der Waals surface area contributed by atoms with E-state index in [1.54, 1.807) is 10.7 Å². The second kappa shape index (κ2) is 6.80. The molecule has 2 atom stereocenters. The number of rotatable bonds is 4. The molecule has 0 aromatic carbocycles. The summed E-state index contributed by atoms with van der Waals surface area (Å²) < 4.78 is 15.6. The van der Waals surface area contributed by atoms with Crippen molar-refractivity contribution in [3.8, 4) is 11.1 Å². The maximum atomic E-state index is 13.8. The SMILES string of the molecule is O=C(O)[C@H]1C2CCC(CC2)C1Nc1cc(-c2c[nH]c3ncc(F)cc23)cn2nccc12. The number of fused-ring (bicyclic) bond motifs is 5. The average molecular weight is 419 g/mol. The van der Waals surface area contributed by atoms with Crippen molar-refractivity contribution in [2.24, 2.45) is 17.8 Å². The predicted molar refractivity (Wildman–Crippen MR) is 114 cm³/mol. The van der Waals surface area contributed by atoms with Gasteiger partial charge in [-0.1, -0.05) is 0 Å². The molecule has 0 saturated heterocycles. The van der Waals surface area contributed by atoms with Crippen LogP contribution in [0.3, 0.4) is 0 Å². The number of aromatic nitrogens is 4. The van der Waals surface area contributed by atoms with Crippen molar-refractivity contribution in [1.29, 1.82) is 0 Å². The second-order valence-electron chi connectivity index (χ2n) is 8.76. The van der Waals surface area contributed by atoms with E-state index in [-0.39, 0.29) is 17.9 Å². The van der Waals surface area contributed by atoms with E-state index in [0.29, 0.717) is 17.0 Å². The normalized spacial score (nSPS) is 25.3. The molecule has 0 amide bonds. The monoisotopic (exact) mass is 419 g/mol. The summed E-state index contributed by atoms with van der Waals surface area (Å²) in [7, 11) is 0. The summed E-state index contributed by atoms with van der Waals surface area (Å²) in [5.41, 5.74) is 4.02. The summed E-state index contributed by atoms with van der Waals surface area (Å²) in [4.78, 5) is 19.3. The van der Waals surface area contributed by atoms with Crippen LogP contribution in [0.4, 0.5) is 10.1 Å². The third kappa shape index (κ3) is 2.89. The molecule has 3 aliphatic rings. The van der Waals surface area contributed by atoms with Gasteiger partial charge in [0, 0.05) is 34.9 Å². The zero-order chi connectivity index (χ0) is 21.1. The number of carbonyl (C=O) groups is 1. The van der Waals surface area contributed by atoms with Gasteiger partial charge >= 0.3 is 5.97 Å². The quantitative estimate of drug-likeness (QED) is 0.458. The van der Waals surface area contributed by atoms with Gasteiger partial charge in [0.1, 0.15) is 11.5 Å². The van der Waals surface area contributed by atoms with E-state index in [2.05, 4.69) is 20.4 Å². The van der Waals surface area contributed by atoms with Crippen molar-refractivity contribution < 1.29 is 14.3 Å². The molecule has 4 heterocycles. The van der Waals surface area contributed by atoms with Gasteiger partial charge in [-0.05, 0) is 55.7 Å². The Labute approximate surface area is 177 Å². The molecule has 158 valence electrons. The number of pyridine rings is 2. The maximum absolute atomic E-state index is 13.8. The van der Waals surface area contributed by atoms with Gasteiger partial charge in [-0.2, -0.15) is 5.10 Å². The number of hydrogen-bond acceptors (Lipinski definition) is 4. The Morgan fingerprint density at radius 3 is 2.84 bits per heavy atom. The summed E-state index contributed by atoms with van der Waals surface area (Å²) in [6.45, 7) is 0. The fourth-order valence-corrected chi connectivity index (χ4v) is 5.70. The topological polar surface area (TPSA) is 95.3 Å². The minimum absolute atomic E-state index is 0.110. The van der Waals surface area contributed by atoms with Crippen molar-refractivity contribution in [2.75, 3.05) is 5.32 Å². The van der Waals surface area contributed by atoms with Crippen LogP contribution in [0.25, 0.3) is 27.7 Å². The Morgan fingerprint density at radius 2 is 2.03 bits per heavy atom. The van der Waals surface area contributed by atoms with Crippen LogP contribution in [-0.4, -0.2) is 36.7 Å². The first-order valence-corrected chi connectivity index (χ1v) is 10.7. The molecule has 1 unspecified atom stereocenters. The van der Waals surface area contributed by atoms with E-state index < -0.39 is 11.8 Å². The molecular formula is C23H22FN5O2. The standard InChI is InChI=1S/C23H22FN5O2/c24-15-8-16-17(10-26-22(16)25-9-15)14-7-18(19-5-6-27-29(19)11-14)28-21-13-3-1-12(2-4-13)20(21)23(30)31/h5-13,20-21,28H,1-4H2,(H,25,26)(H,30,31)/t12?,13?,20-,21?/m0/s1. The Balaban J connectivity index is 1.46. The Bertz CT molecular complexity index is 1300. The summed E-state index contributed by atoms with van der Waals surface area (Å²) in [5.74, 6) is -0.915. The number of carboxylic acids is 1. The van der Waals surface area contributed by atoms with Crippen LogP contribution >= 0.6 is 0 Å². The highest BCUT2D eigenvalue weighted by Crippen LogP contribution is 2.47. The minimum atomic E-state index is -0.717. The number of halogens is 1. The highest BCUT2D eigenvalue weighted by molar-refractivity contribution is 5.95. The number of nitrogens with one attached hydrogen (secondary N) is 2. The van der Waals surface area contributed by atoms with Gasteiger partial charge in [0.25, 0.3) is 0 Å². The number of hydrogen-bond donors (Lipinski definition) is 3. The number of carboxylic acid groups (broad SMARTS) is 1. The lowest BCUT2D eigenvalue weighted by Crippen LogP contribution is -2.51. The van der Waals surface area contributed by atoms with E-state index in [1.165, 1.54) is 12.3 Å². The van der Waals surface area contributed by atoms with Crippen LogP contribution in [-0.2, 0) is 4.79 Å². The highest BCUT2D eigenvalue weighted by Gasteiger charge is 2.47. The number of nitrogens with zero attached hydrogens (tertiary/aromatic N) is 3. The third-order valence-electron chi connectivity index (χ3n) is 7.14. The number of aromatic amines is 1. The van der Waals surface area contributed by atoms with E-state index in [0.717, 1.165) is 48.0 Å². The molecule has 7 rings (SSSR count). The van der Waals surface area contributed by atoms with Crippen LogP contribution in [0.15, 0.2) is 43.0 Å². The molecule has 0 spiro atoms. The Hall–Kier alpha value is -3.42. The number of aliphatic carboxylic acids is 1. The minimum Gasteiger partial charge on any atom is -0.481 e. The first-order chi connectivity index (χ1) is 15.1. The van der Waals surface area contributed by atoms with E-state index >= 15 is 0 Å². The molecule has 0 aliphatic heterocycles. The molecule has 7 nitrogen and oxygen atoms in total. The number of H-pyrrole nitrogens is 1. The second-order valence-corrected chi connectivity index (χ2v) is 8.76. The summed E-state index contributed by atoms with van der Waals surface area (Å²) in [6.07, 6.45) is 10.7. The molecular weight excluding hydrogens is 397 g/mol. The number of anilines is 1. The fourth-order valence-electron chi connectivity index (χ4n) is 5.70. The first kappa shape index (κ1) is 18.4. The lowest BCUT2D eigenvalue weighted by molar-refractivity contribution is -0.148. The zero-order valence-corrected chi connectivity index (χ0v) is 16.8. The molecule has 3 N–H and O–H groups in total. The molecule has 3 saturated carbocycles. The van der Waals surface area contributed by atoms with Gasteiger partial charge in [0.05, 0.1) is 29.5 Å². The van der Waals surface area contributed by atoms with Crippen molar-refractivity contribution in [1.82, 2.24) is 19.6 Å². The van der Waals surface area contributed by atoms with Crippen molar-refractivity contribution >= 4 is 28.2 Å². The lowest BCUT2D eigenvalue weighted by Gasteiger charge is -2.47. The van der Waals surface area contributed by atoms with Crippen LogP contribution < -0.4 is 5.32 Å². The highest BCUT2D eigenvalue weighted by atomic mass is 19.1. The van der Waals surface area contributed by atoms with Gasteiger partial charge in [-0.15, -0.1) is 0 Å². The first-order valence-electron chi connectivity index (χ1n) is 10.7. The van der Waals surface area contributed by atoms with Crippen molar-refractivity contribution in [3.05, 3.63) is 48.8 Å². The summed E-state index contributed by atoms with van der Waals surface area (Å²) >= 11 is 0. The third-order valence-corrected chi connectivity index (χ3v) is 7.14. The van der Waals surface area contributed by atoms with Crippen LogP contribution in [0.1, 0.15) is 25.7 Å². The molecule has 31 heavy (non-hydrogen) atoms. The van der Waals surface area contributed by atoms with Gasteiger partial charge in [0.15, 0.2) is 0 Å². The lowest BCUT2D eigenvalue weighted by atomic mass is 9.61. The summed E-state index contributed by atoms with van der Waals surface area (Å²) in [6, 6.07) is 5.28. The molecule has 4 aromatic heterocycles. The van der Waals surface area contributed by atoms with Crippen molar-refractivity contribution in [3.63, 3.8) is 0 Å². The van der Waals surface area contributed by atoms with Crippen LogP contribution in [0.2, 0.25) is 0 Å². The smallest absolute Gasteiger partial charge is 0.308 e. The molecule has 8 heteroatoms. The largest absolute Gasteiger partial charge is 0.481 e. The van der Waals surface area contributed by atoms with Crippen LogP contribution in [0.5, 0.6) is 0 Å². The predicted octanol–water partition coefficient (Wildman–Crippen LogP) is 4.32. The molecule has 4 aromatic rings. The molecule has 0 radical (unpaired) electrons. The van der Waals surface area contributed by atoms with Gasteiger partial charge in [-0.25, -0.2) is 13.9 Å². The van der Waals surface area contributed by atoms with Crippen molar-refractivity contribution in [2.45, 2.75) is 31.7 Å². The van der Waals surface area contributed by atoms with E-state index in [9.17, 15) is 14.3 Å². The van der Waals surface area contributed by atoms with Crippen LogP contribution in [0, 0.1) is 23.6 Å². The Kier molecular flexibility index (Phi) is 4.03.